The molecule has 0 atom stereocenters. The topological polar surface area (TPSA) is 26.0 Å². The van der Waals surface area contributed by atoms with Crippen LogP contribution < -0.4 is 5.73 Å². The third-order valence-electron chi connectivity index (χ3n) is 4.67. The number of hydrogen-bond donors (Lipinski definition) is 1. The van der Waals surface area contributed by atoms with Crippen LogP contribution in [-0.4, -0.2) is 6.54 Å². The standard InChI is InChI=1S/C16H23BrFN/c1-15(2)5-7-16(11-19,8-6-15)10-12-9-13(17)3-4-14(12)18/h3-4,9H,5-8,10-11,19H2,1-2H3. The molecule has 1 aliphatic rings. The lowest BCUT2D eigenvalue weighted by atomic mass is 9.63. The first-order valence-electron chi connectivity index (χ1n) is 7.00. The zero-order chi connectivity index (χ0) is 14.1. The van der Waals surface area contributed by atoms with Crippen LogP contribution in [0.25, 0.3) is 0 Å². The summed E-state index contributed by atoms with van der Waals surface area (Å²) in [5.41, 5.74) is 7.31. The second kappa shape index (κ2) is 5.53. The van der Waals surface area contributed by atoms with E-state index in [1.54, 1.807) is 6.07 Å². The van der Waals surface area contributed by atoms with E-state index < -0.39 is 0 Å². The molecule has 0 bridgehead atoms. The van der Waals surface area contributed by atoms with Crippen molar-refractivity contribution in [3.63, 3.8) is 0 Å². The lowest BCUT2D eigenvalue weighted by Gasteiger charge is -2.43. The van der Waals surface area contributed by atoms with E-state index in [-0.39, 0.29) is 11.2 Å². The summed E-state index contributed by atoms with van der Waals surface area (Å²) in [4.78, 5) is 0. The molecule has 19 heavy (non-hydrogen) atoms. The molecule has 0 saturated heterocycles. The minimum atomic E-state index is -0.110. The zero-order valence-electron chi connectivity index (χ0n) is 11.8. The van der Waals surface area contributed by atoms with Gasteiger partial charge in [-0.1, -0.05) is 29.8 Å². The Morgan fingerprint density at radius 2 is 1.84 bits per heavy atom. The first kappa shape index (κ1) is 15.0. The lowest BCUT2D eigenvalue weighted by Crippen LogP contribution is -2.39. The van der Waals surface area contributed by atoms with Gasteiger partial charge in [-0.05, 0) is 73.2 Å². The van der Waals surface area contributed by atoms with Crippen molar-refractivity contribution >= 4 is 15.9 Å². The predicted molar refractivity (Wildman–Crippen MR) is 81.5 cm³/mol. The minimum Gasteiger partial charge on any atom is -0.330 e. The van der Waals surface area contributed by atoms with E-state index in [4.69, 9.17) is 5.73 Å². The molecule has 1 aromatic rings. The SMILES string of the molecule is CC1(C)CCC(CN)(Cc2cc(Br)ccc2F)CC1. The summed E-state index contributed by atoms with van der Waals surface area (Å²) in [5.74, 6) is -0.110. The maximum absolute atomic E-state index is 13.9. The maximum Gasteiger partial charge on any atom is 0.126 e. The molecule has 0 unspecified atom stereocenters. The Kier molecular flexibility index (Phi) is 4.36. The van der Waals surface area contributed by atoms with E-state index in [0.29, 0.717) is 12.0 Å². The third kappa shape index (κ3) is 3.57. The van der Waals surface area contributed by atoms with Crippen molar-refractivity contribution in [3.8, 4) is 0 Å². The number of hydrogen-bond acceptors (Lipinski definition) is 1. The maximum atomic E-state index is 13.9. The Balaban J connectivity index is 2.17. The molecule has 0 heterocycles. The second-order valence-electron chi connectivity index (χ2n) is 6.78. The van der Waals surface area contributed by atoms with Gasteiger partial charge < -0.3 is 5.73 Å². The summed E-state index contributed by atoms with van der Waals surface area (Å²) in [6.45, 7) is 5.27. The number of rotatable bonds is 3. The summed E-state index contributed by atoms with van der Waals surface area (Å²) >= 11 is 3.42. The third-order valence-corrected chi connectivity index (χ3v) is 5.16. The second-order valence-corrected chi connectivity index (χ2v) is 7.70. The normalized spacial score (nSPS) is 21.3. The molecule has 2 N–H and O–H groups in total. The molecule has 1 fully saturated rings. The Hall–Kier alpha value is -0.410. The summed E-state index contributed by atoms with van der Waals surface area (Å²) in [6, 6.07) is 5.18. The highest BCUT2D eigenvalue weighted by Gasteiger charge is 2.37. The van der Waals surface area contributed by atoms with Gasteiger partial charge in [-0.2, -0.15) is 0 Å². The summed E-state index contributed by atoms with van der Waals surface area (Å²) in [5, 5.41) is 0. The van der Waals surface area contributed by atoms with Gasteiger partial charge in [-0.3, -0.25) is 0 Å². The molecular formula is C16H23BrFN. The van der Waals surface area contributed by atoms with Gasteiger partial charge in [-0.15, -0.1) is 0 Å². The van der Waals surface area contributed by atoms with Gasteiger partial charge in [0.2, 0.25) is 0 Å². The van der Waals surface area contributed by atoms with Crippen molar-refractivity contribution in [1.29, 1.82) is 0 Å². The van der Waals surface area contributed by atoms with Crippen LogP contribution >= 0.6 is 15.9 Å². The first-order chi connectivity index (χ1) is 8.86. The average molecular weight is 328 g/mol. The summed E-state index contributed by atoms with van der Waals surface area (Å²) in [7, 11) is 0. The molecule has 1 nitrogen and oxygen atoms in total. The fourth-order valence-electron chi connectivity index (χ4n) is 2.99. The van der Waals surface area contributed by atoms with Crippen molar-refractivity contribution in [2.24, 2.45) is 16.6 Å². The van der Waals surface area contributed by atoms with Crippen LogP contribution in [0.1, 0.15) is 45.1 Å². The summed E-state index contributed by atoms with van der Waals surface area (Å²) in [6.07, 6.45) is 5.31. The zero-order valence-corrected chi connectivity index (χ0v) is 13.4. The molecule has 3 heteroatoms. The van der Waals surface area contributed by atoms with Crippen LogP contribution in [0, 0.1) is 16.6 Å². The molecule has 0 aromatic heterocycles. The molecule has 1 aliphatic carbocycles. The van der Waals surface area contributed by atoms with E-state index in [2.05, 4.69) is 29.8 Å². The van der Waals surface area contributed by atoms with Crippen LogP contribution in [0.4, 0.5) is 4.39 Å². The minimum absolute atomic E-state index is 0.0805. The van der Waals surface area contributed by atoms with Crippen molar-refractivity contribution < 1.29 is 4.39 Å². The van der Waals surface area contributed by atoms with E-state index >= 15 is 0 Å². The van der Waals surface area contributed by atoms with Gasteiger partial charge in [-0.25, -0.2) is 4.39 Å². The largest absolute Gasteiger partial charge is 0.330 e. The van der Waals surface area contributed by atoms with Gasteiger partial charge in [0.15, 0.2) is 0 Å². The fourth-order valence-corrected chi connectivity index (χ4v) is 3.40. The van der Waals surface area contributed by atoms with E-state index in [1.165, 1.54) is 18.9 Å². The molecule has 1 saturated carbocycles. The Morgan fingerprint density at radius 3 is 2.42 bits per heavy atom. The highest BCUT2D eigenvalue weighted by molar-refractivity contribution is 9.10. The first-order valence-corrected chi connectivity index (χ1v) is 7.79. The van der Waals surface area contributed by atoms with Crippen molar-refractivity contribution in [2.45, 2.75) is 46.0 Å². The molecule has 0 amide bonds. The van der Waals surface area contributed by atoms with Crippen LogP contribution in [0.3, 0.4) is 0 Å². The van der Waals surface area contributed by atoms with Crippen LogP contribution in [0.5, 0.6) is 0 Å². The van der Waals surface area contributed by atoms with E-state index in [9.17, 15) is 4.39 Å². The van der Waals surface area contributed by atoms with Gasteiger partial charge in [0.1, 0.15) is 5.82 Å². The molecular weight excluding hydrogens is 305 g/mol. The van der Waals surface area contributed by atoms with Gasteiger partial charge in [0.25, 0.3) is 0 Å². The Bertz CT molecular complexity index is 446. The van der Waals surface area contributed by atoms with Gasteiger partial charge in [0.05, 0.1) is 0 Å². The van der Waals surface area contributed by atoms with E-state index in [1.807, 2.05) is 6.07 Å². The predicted octanol–water partition coefficient (Wildman–Crippen LogP) is 4.68. The van der Waals surface area contributed by atoms with Crippen LogP contribution in [0.2, 0.25) is 0 Å². The smallest absolute Gasteiger partial charge is 0.126 e. The van der Waals surface area contributed by atoms with Crippen LogP contribution in [-0.2, 0) is 6.42 Å². The highest BCUT2D eigenvalue weighted by atomic mass is 79.9. The van der Waals surface area contributed by atoms with Gasteiger partial charge in [0, 0.05) is 4.47 Å². The Labute approximate surface area is 123 Å². The quantitative estimate of drug-likeness (QED) is 0.857. The average Bonchev–Trinajstić information content (AvgIpc) is 2.37. The molecule has 0 radical (unpaired) electrons. The van der Waals surface area contributed by atoms with Crippen molar-refractivity contribution in [3.05, 3.63) is 34.1 Å². The molecule has 0 spiro atoms. The van der Waals surface area contributed by atoms with E-state index in [0.717, 1.165) is 29.3 Å². The van der Waals surface area contributed by atoms with Gasteiger partial charge >= 0.3 is 0 Å². The summed E-state index contributed by atoms with van der Waals surface area (Å²) < 4.78 is 14.9. The lowest BCUT2D eigenvalue weighted by molar-refractivity contribution is 0.107. The van der Waals surface area contributed by atoms with Crippen molar-refractivity contribution in [1.82, 2.24) is 0 Å². The van der Waals surface area contributed by atoms with Crippen molar-refractivity contribution in [2.75, 3.05) is 6.54 Å². The number of nitrogens with two attached hydrogens (primary N) is 1. The number of halogens is 2. The molecule has 0 aliphatic heterocycles. The molecule has 2 rings (SSSR count). The Morgan fingerprint density at radius 1 is 1.21 bits per heavy atom. The number of benzene rings is 1. The highest BCUT2D eigenvalue weighted by Crippen LogP contribution is 2.46. The van der Waals surface area contributed by atoms with Crippen LogP contribution in [0.15, 0.2) is 22.7 Å². The molecule has 106 valence electrons. The molecule has 1 aromatic carbocycles. The monoisotopic (exact) mass is 327 g/mol. The fraction of sp³-hybridized carbons (Fsp3) is 0.625.